The van der Waals surface area contributed by atoms with Crippen LogP contribution in [0.3, 0.4) is 0 Å². The molecule has 1 aliphatic rings. The molecule has 1 N–H and O–H groups in total. The van der Waals surface area contributed by atoms with Crippen LogP contribution in [0.1, 0.15) is 32.7 Å². The number of nitrogens with zero attached hydrogens (tertiary/aromatic N) is 2. The Morgan fingerprint density at radius 1 is 1.03 bits per heavy atom. The van der Waals surface area contributed by atoms with Gasteiger partial charge in [0.1, 0.15) is 5.75 Å². The molecule has 2 heterocycles. The highest BCUT2D eigenvalue weighted by Gasteiger charge is 2.30. The van der Waals surface area contributed by atoms with Crippen LogP contribution >= 0.6 is 11.6 Å². The normalized spacial score (nSPS) is 13.8. The monoisotopic (exact) mass is 484 g/mol. The number of carbonyl (C=O) groups excluding carboxylic acids is 1. The number of carbonyl (C=O) groups is 1. The molecule has 0 fully saturated rings. The summed E-state index contributed by atoms with van der Waals surface area (Å²) in [5, 5.41) is 10.9. The van der Waals surface area contributed by atoms with Gasteiger partial charge in [-0.1, -0.05) is 41.9 Å². The average Bonchev–Trinajstić information content (AvgIpc) is 3.13. The number of halogens is 4. The predicted octanol–water partition coefficient (Wildman–Crippen LogP) is 6.27. The number of hydrogen-bond acceptors (Lipinski definition) is 2. The first-order chi connectivity index (χ1) is 16.2. The number of alkyl halides is 3. The van der Waals surface area contributed by atoms with Crippen molar-refractivity contribution < 1.29 is 23.1 Å². The van der Waals surface area contributed by atoms with E-state index in [9.17, 15) is 23.1 Å². The maximum absolute atomic E-state index is 13.2. The van der Waals surface area contributed by atoms with Gasteiger partial charge in [0.25, 0.3) is 5.91 Å². The van der Waals surface area contributed by atoms with Crippen LogP contribution in [-0.2, 0) is 25.7 Å². The summed E-state index contributed by atoms with van der Waals surface area (Å²) >= 11 is 5.99. The molecule has 0 spiro atoms. The highest BCUT2D eigenvalue weighted by Crippen LogP contribution is 2.34. The minimum absolute atomic E-state index is 0.0872. The molecule has 0 bridgehead atoms. The van der Waals surface area contributed by atoms with Gasteiger partial charge in [-0.15, -0.1) is 0 Å². The number of aromatic nitrogens is 1. The van der Waals surface area contributed by atoms with Crippen molar-refractivity contribution in [2.45, 2.75) is 25.7 Å². The molecule has 0 radical (unpaired) electrons. The molecule has 0 aliphatic carbocycles. The van der Waals surface area contributed by atoms with Crippen molar-refractivity contribution >= 4 is 28.4 Å². The van der Waals surface area contributed by atoms with Crippen LogP contribution in [0, 0.1) is 0 Å². The van der Waals surface area contributed by atoms with E-state index in [1.54, 1.807) is 4.90 Å². The number of fused-ring (bicyclic) bond motifs is 3. The van der Waals surface area contributed by atoms with Gasteiger partial charge in [0.2, 0.25) is 0 Å². The van der Waals surface area contributed by atoms with Gasteiger partial charge in [0.15, 0.2) is 0 Å². The zero-order valence-electron chi connectivity index (χ0n) is 17.9. The van der Waals surface area contributed by atoms with E-state index < -0.39 is 11.7 Å². The third kappa shape index (κ3) is 4.01. The third-order valence-electron chi connectivity index (χ3n) is 6.27. The van der Waals surface area contributed by atoms with E-state index in [0.717, 1.165) is 39.9 Å². The van der Waals surface area contributed by atoms with Gasteiger partial charge in [-0.2, -0.15) is 13.2 Å². The second-order valence-electron chi connectivity index (χ2n) is 8.37. The SMILES string of the molecule is O=C(c1ccc(O)c(Cl)c1)N1CCc2c(n(Cc3ccc(C(F)(F)F)cc3)c3ccccc23)C1. The fraction of sp³-hybridized carbons (Fsp3) is 0.192. The Morgan fingerprint density at radius 2 is 1.76 bits per heavy atom. The van der Waals surface area contributed by atoms with Crippen molar-refractivity contribution in [2.75, 3.05) is 6.54 Å². The number of amides is 1. The van der Waals surface area contributed by atoms with E-state index in [0.29, 0.717) is 31.6 Å². The summed E-state index contributed by atoms with van der Waals surface area (Å²) in [5.74, 6) is -0.283. The van der Waals surface area contributed by atoms with Gasteiger partial charge in [-0.25, -0.2) is 0 Å². The standard InChI is InChI=1S/C26H20ClF3N2O2/c27-21-13-17(7-10-24(21)33)25(34)31-12-11-20-19-3-1-2-4-22(19)32(23(20)15-31)14-16-5-8-18(9-6-16)26(28,29)30/h1-10,13,33H,11-12,14-15H2. The van der Waals surface area contributed by atoms with E-state index >= 15 is 0 Å². The van der Waals surface area contributed by atoms with Crippen LogP contribution in [0.2, 0.25) is 5.02 Å². The van der Waals surface area contributed by atoms with Gasteiger partial charge in [-0.05, 0) is 53.9 Å². The Kier molecular flexibility index (Phi) is 5.52. The van der Waals surface area contributed by atoms with Crippen LogP contribution in [0.4, 0.5) is 13.2 Å². The zero-order chi connectivity index (χ0) is 24.0. The lowest BCUT2D eigenvalue weighted by molar-refractivity contribution is -0.137. The number of benzene rings is 3. The van der Waals surface area contributed by atoms with Crippen molar-refractivity contribution in [3.05, 3.63) is 99.7 Å². The van der Waals surface area contributed by atoms with Gasteiger partial charge >= 0.3 is 6.18 Å². The molecule has 4 aromatic rings. The van der Waals surface area contributed by atoms with E-state index in [-0.39, 0.29) is 16.7 Å². The first-order valence-electron chi connectivity index (χ1n) is 10.8. The van der Waals surface area contributed by atoms with Crippen molar-refractivity contribution in [2.24, 2.45) is 0 Å². The lowest BCUT2D eigenvalue weighted by Gasteiger charge is -2.29. The van der Waals surface area contributed by atoms with E-state index in [1.165, 1.54) is 30.3 Å². The minimum Gasteiger partial charge on any atom is -0.506 e. The van der Waals surface area contributed by atoms with Crippen molar-refractivity contribution in [3.63, 3.8) is 0 Å². The topological polar surface area (TPSA) is 45.5 Å². The molecule has 0 atom stereocenters. The average molecular weight is 485 g/mol. The second kappa shape index (κ2) is 8.40. The zero-order valence-corrected chi connectivity index (χ0v) is 18.7. The Hall–Kier alpha value is -3.45. The summed E-state index contributed by atoms with van der Waals surface area (Å²) in [5.41, 5.74) is 3.54. The van der Waals surface area contributed by atoms with Crippen LogP contribution in [-0.4, -0.2) is 27.0 Å². The molecule has 1 amide bonds. The fourth-order valence-corrected chi connectivity index (χ4v) is 4.73. The largest absolute Gasteiger partial charge is 0.506 e. The van der Waals surface area contributed by atoms with Crippen LogP contribution < -0.4 is 0 Å². The smallest absolute Gasteiger partial charge is 0.416 e. The van der Waals surface area contributed by atoms with Crippen LogP contribution in [0.15, 0.2) is 66.7 Å². The molecule has 3 aromatic carbocycles. The predicted molar refractivity (Wildman–Crippen MR) is 124 cm³/mol. The molecule has 174 valence electrons. The highest BCUT2D eigenvalue weighted by atomic mass is 35.5. The quantitative estimate of drug-likeness (QED) is 0.373. The summed E-state index contributed by atoms with van der Waals surface area (Å²) in [6.45, 7) is 1.28. The molecular formula is C26H20ClF3N2O2. The number of aromatic hydroxyl groups is 1. The maximum Gasteiger partial charge on any atom is 0.416 e. The van der Waals surface area contributed by atoms with Crippen molar-refractivity contribution in [1.29, 1.82) is 0 Å². The summed E-state index contributed by atoms with van der Waals surface area (Å²) in [6.07, 6.45) is -3.72. The molecule has 1 aliphatic heterocycles. The Balaban J connectivity index is 1.50. The molecule has 5 rings (SSSR count). The molecule has 0 saturated carbocycles. The molecule has 4 nitrogen and oxygen atoms in total. The van der Waals surface area contributed by atoms with Gasteiger partial charge in [0.05, 0.1) is 17.1 Å². The fourth-order valence-electron chi connectivity index (χ4n) is 4.55. The van der Waals surface area contributed by atoms with E-state index in [1.807, 2.05) is 24.3 Å². The van der Waals surface area contributed by atoms with Crippen molar-refractivity contribution in [3.8, 4) is 5.75 Å². The molecule has 0 saturated heterocycles. The first-order valence-corrected chi connectivity index (χ1v) is 11.1. The maximum atomic E-state index is 13.2. The number of rotatable bonds is 3. The lowest BCUT2D eigenvalue weighted by Crippen LogP contribution is -2.36. The number of phenols is 1. The lowest BCUT2D eigenvalue weighted by atomic mass is 10.0. The first kappa shape index (κ1) is 22.3. The molecule has 0 unspecified atom stereocenters. The summed E-state index contributed by atoms with van der Waals surface area (Å²) in [4.78, 5) is 14.9. The molecule has 8 heteroatoms. The summed E-state index contributed by atoms with van der Waals surface area (Å²) in [6, 6.07) is 17.5. The summed E-state index contributed by atoms with van der Waals surface area (Å²) < 4.78 is 41.0. The number of phenolic OH excluding ortho intramolecular Hbond substituents is 1. The third-order valence-corrected chi connectivity index (χ3v) is 6.57. The summed E-state index contributed by atoms with van der Waals surface area (Å²) in [7, 11) is 0. The van der Waals surface area contributed by atoms with Crippen LogP contribution in [0.5, 0.6) is 5.75 Å². The highest BCUT2D eigenvalue weighted by molar-refractivity contribution is 6.32. The van der Waals surface area contributed by atoms with E-state index in [2.05, 4.69) is 4.57 Å². The molecular weight excluding hydrogens is 465 g/mol. The number of para-hydroxylation sites is 1. The van der Waals surface area contributed by atoms with Crippen LogP contribution in [0.25, 0.3) is 10.9 Å². The molecule has 34 heavy (non-hydrogen) atoms. The van der Waals surface area contributed by atoms with E-state index in [4.69, 9.17) is 11.6 Å². The van der Waals surface area contributed by atoms with Gasteiger partial charge in [-0.3, -0.25) is 4.79 Å². The van der Waals surface area contributed by atoms with Gasteiger partial charge in [0, 0.05) is 35.2 Å². The Bertz CT molecular complexity index is 1390. The second-order valence-corrected chi connectivity index (χ2v) is 8.77. The number of hydrogen-bond donors (Lipinski definition) is 1. The Morgan fingerprint density at radius 3 is 2.47 bits per heavy atom. The minimum atomic E-state index is -4.38. The van der Waals surface area contributed by atoms with Gasteiger partial charge < -0.3 is 14.6 Å². The Labute approximate surface area is 198 Å². The molecule has 1 aromatic heterocycles. The van der Waals surface area contributed by atoms with Crippen molar-refractivity contribution in [1.82, 2.24) is 9.47 Å².